The highest BCUT2D eigenvalue weighted by molar-refractivity contribution is 6.30. The van der Waals surface area contributed by atoms with Crippen LogP contribution < -0.4 is 9.80 Å². The standard InChI is InChI=1S/C19H22ClFN4O/c20-15-2-1-3-16(12-15)24-6-8-25(9-7-24)19-17(21)18(22-13-23-19)14-4-10-26-11-5-14/h1-3,12-14H,4-11H2. The number of piperazine rings is 1. The first-order valence-electron chi connectivity index (χ1n) is 9.06. The van der Waals surface area contributed by atoms with Gasteiger partial charge in [-0.2, -0.15) is 0 Å². The van der Waals surface area contributed by atoms with E-state index in [1.807, 2.05) is 23.1 Å². The van der Waals surface area contributed by atoms with Gasteiger partial charge in [-0.1, -0.05) is 17.7 Å². The molecule has 0 N–H and O–H groups in total. The molecular formula is C19H22ClFN4O. The molecule has 4 rings (SSSR count). The Balaban J connectivity index is 1.47. The van der Waals surface area contributed by atoms with E-state index in [1.165, 1.54) is 6.33 Å². The molecule has 1 aromatic heterocycles. The van der Waals surface area contributed by atoms with E-state index in [0.717, 1.165) is 36.6 Å². The smallest absolute Gasteiger partial charge is 0.187 e. The summed E-state index contributed by atoms with van der Waals surface area (Å²) in [7, 11) is 0. The molecule has 0 unspecified atom stereocenters. The van der Waals surface area contributed by atoms with Gasteiger partial charge in [0.2, 0.25) is 0 Å². The number of halogens is 2. The Morgan fingerprint density at radius 1 is 1.04 bits per heavy atom. The molecule has 0 radical (unpaired) electrons. The molecule has 1 aromatic carbocycles. The van der Waals surface area contributed by atoms with Gasteiger partial charge < -0.3 is 14.5 Å². The van der Waals surface area contributed by atoms with Crippen LogP contribution in [-0.2, 0) is 4.74 Å². The highest BCUT2D eigenvalue weighted by atomic mass is 35.5. The van der Waals surface area contributed by atoms with E-state index in [0.29, 0.717) is 37.8 Å². The predicted molar refractivity (Wildman–Crippen MR) is 101 cm³/mol. The lowest BCUT2D eigenvalue weighted by molar-refractivity contribution is 0.0836. The maximum absolute atomic E-state index is 15.1. The zero-order chi connectivity index (χ0) is 17.9. The zero-order valence-electron chi connectivity index (χ0n) is 14.6. The van der Waals surface area contributed by atoms with Crippen LogP contribution in [0.25, 0.3) is 0 Å². The number of anilines is 2. The van der Waals surface area contributed by atoms with Gasteiger partial charge >= 0.3 is 0 Å². The third kappa shape index (κ3) is 3.62. The predicted octanol–water partition coefficient (Wildman–Crippen LogP) is 3.49. The summed E-state index contributed by atoms with van der Waals surface area (Å²) in [6.45, 7) is 4.37. The highest BCUT2D eigenvalue weighted by Gasteiger charge is 2.27. The fraction of sp³-hybridized carbons (Fsp3) is 0.474. The topological polar surface area (TPSA) is 41.5 Å². The van der Waals surface area contributed by atoms with Crippen molar-refractivity contribution < 1.29 is 9.13 Å². The lowest BCUT2D eigenvalue weighted by Gasteiger charge is -2.37. The molecular weight excluding hydrogens is 355 g/mol. The summed E-state index contributed by atoms with van der Waals surface area (Å²) in [4.78, 5) is 12.8. The van der Waals surface area contributed by atoms with Crippen LogP contribution in [0.15, 0.2) is 30.6 Å². The Morgan fingerprint density at radius 2 is 1.77 bits per heavy atom. The van der Waals surface area contributed by atoms with E-state index >= 15 is 4.39 Å². The summed E-state index contributed by atoms with van der Waals surface area (Å²) in [6.07, 6.45) is 3.12. The number of benzene rings is 1. The highest BCUT2D eigenvalue weighted by Crippen LogP contribution is 2.31. The Bertz CT molecular complexity index is 761. The van der Waals surface area contributed by atoms with E-state index in [2.05, 4.69) is 20.9 Å². The van der Waals surface area contributed by atoms with Crippen LogP contribution in [-0.4, -0.2) is 49.4 Å². The van der Waals surface area contributed by atoms with Crippen molar-refractivity contribution in [3.05, 3.63) is 47.1 Å². The summed E-state index contributed by atoms with van der Waals surface area (Å²) in [6, 6.07) is 7.84. The summed E-state index contributed by atoms with van der Waals surface area (Å²) >= 11 is 6.09. The molecule has 3 heterocycles. The van der Waals surface area contributed by atoms with Crippen LogP contribution in [0.1, 0.15) is 24.5 Å². The normalized spacial score (nSPS) is 19.0. The Morgan fingerprint density at radius 3 is 2.50 bits per heavy atom. The van der Waals surface area contributed by atoms with Crippen LogP contribution in [0, 0.1) is 5.82 Å². The number of aromatic nitrogens is 2. The Hall–Kier alpha value is -1.92. The molecule has 2 aromatic rings. The number of hydrogen-bond acceptors (Lipinski definition) is 5. The monoisotopic (exact) mass is 376 g/mol. The number of hydrogen-bond donors (Lipinski definition) is 0. The summed E-state index contributed by atoms with van der Waals surface area (Å²) in [5.41, 5.74) is 1.64. The average Bonchev–Trinajstić information content (AvgIpc) is 2.69. The van der Waals surface area contributed by atoms with E-state index in [-0.39, 0.29) is 11.7 Å². The SMILES string of the molecule is Fc1c(C2CCOCC2)ncnc1N1CCN(c2cccc(Cl)c2)CC1. The number of ether oxygens (including phenoxy) is 1. The minimum Gasteiger partial charge on any atom is -0.381 e. The number of rotatable bonds is 3. The average molecular weight is 377 g/mol. The van der Waals surface area contributed by atoms with Crippen LogP contribution in [0.2, 0.25) is 5.02 Å². The molecule has 26 heavy (non-hydrogen) atoms. The first-order chi connectivity index (χ1) is 12.7. The third-order valence-corrected chi connectivity index (χ3v) is 5.39. The van der Waals surface area contributed by atoms with Crippen molar-refractivity contribution in [1.82, 2.24) is 9.97 Å². The third-order valence-electron chi connectivity index (χ3n) is 5.16. The molecule has 0 saturated carbocycles. The molecule has 2 aliphatic heterocycles. The van der Waals surface area contributed by atoms with E-state index < -0.39 is 0 Å². The van der Waals surface area contributed by atoms with Crippen molar-refractivity contribution in [3.8, 4) is 0 Å². The van der Waals surface area contributed by atoms with Gasteiger partial charge in [0.15, 0.2) is 11.6 Å². The van der Waals surface area contributed by atoms with Gasteiger partial charge in [-0.15, -0.1) is 0 Å². The lowest BCUT2D eigenvalue weighted by atomic mass is 9.96. The summed E-state index contributed by atoms with van der Waals surface area (Å²) in [5.74, 6) is 0.279. The molecule has 5 nitrogen and oxygen atoms in total. The van der Waals surface area contributed by atoms with Crippen molar-refractivity contribution in [3.63, 3.8) is 0 Å². The largest absolute Gasteiger partial charge is 0.381 e. The maximum atomic E-state index is 15.1. The zero-order valence-corrected chi connectivity index (χ0v) is 15.3. The molecule has 7 heteroatoms. The molecule has 2 fully saturated rings. The minimum absolute atomic E-state index is 0.123. The second-order valence-electron chi connectivity index (χ2n) is 6.74. The second-order valence-corrected chi connectivity index (χ2v) is 7.17. The maximum Gasteiger partial charge on any atom is 0.187 e. The van der Waals surface area contributed by atoms with E-state index in [4.69, 9.17) is 16.3 Å². The second kappa shape index (κ2) is 7.76. The van der Waals surface area contributed by atoms with Gasteiger partial charge in [-0.05, 0) is 31.0 Å². The van der Waals surface area contributed by atoms with Crippen molar-refractivity contribution in [2.75, 3.05) is 49.2 Å². The minimum atomic E-state index is -0.268. The first-order valence-corrected chi connectivity index (χ1v) is 9.44. The quantitative estimate of drug-likeness (QED) is 0.820. The fourth-order valence-corrected chi connectivity index (χ4v) is 3.88. The molecule has 0 atom stereocenters. The molecule has 0 amide bonds. The lowest BCUT2D eigenvalue weighted by Crippen LogP contribution is -2.47. The van der Waals surface area contributed by atoms with Gasteiger partial charge in [-0.25, -0.2) is 14.4 Å². The number of nitrogens with zero attached hydrogens (tertiary/aromatic N) is 4. The Kier molecular flexibility index (Phi) is 5.22. The van der Waals surface area contributed by atoms with E-state index in [1.54, 1.807) is 0 Å². The molecule has 2 aliphatic rings. The van der Waals surface area contributed by atoms with E-state index in [9.17, 15) is 0 Å². The van der Waals surface area contributed by atoms with Crippen molar-refractivity contribution >= 4 is 23.1 Å². The van der Waals surface area contributed by atoms with Gasteiger partial charge in [0.05, 0.1) is 5.69 Å². The summed E-state index contributed by atoms with van der Waals surface area (Å²) < 4.78 is 20.5. The van der Waals surface area contributed by atoms with Crippen LogP contribution in [0.3, 0.4) is 0 Å². The van der Waals surface area contributed by atoms with Gasteiger partial charge in [-0.3, -0.25) is 0 Å². The van der Waals surface area contributed by atoms with Crippen molar-refractivity contribution in [2.45, 2.75) is 18.8 Å². The fourth-order valence-electron chi connectivity index (χ4n) is 3.70. The van der Waals surface area contributed by atoms with Gasteiger partial charge in [0.25, 0.3) is 0 Å². The van der Waals surface area contributed by atoms with Gasteiger partial charge in [0.1, 0.15) is 6.33 Å². The molecule has 0 aliphatic carbocycles. The van der Waals surface area contributed by atoms with Gasteiger partial charge in [0, 0.05) is 56.0 Å². The summed E-state index contributed by atoms with van der Waals surface area (Å²) in [5, 5.41) is 0.730. The van der Waals surface area contributed by atoms with Crippen molar-refractivity contribution in [1.29, 1.82) is 0 Å². The van der Waals surface area contributed by atoms with Crippen LogP contribution in [0.4, 0.5) is 15.9 Å². The Labute approximate surface area is 157 Å². The molecule has 0 spiro atoms. The van der Waals surface area contributed by atoms with Crippen LogP contribution >= 0.6 is 11.6 Å². The van der Waals surface area contributed by atoms with Crippen molar-refractivity contribution in [2.24, 2.45) is 0 Å². The van der Waals surface area contributed by atoms with Crippen LogP contribution in [0.5, 0.6) is 0 Å². The molecule has 2 saturated heterocycles. The molecule has 0 bridgehead atoms. The first kappa shape index (κ1) is 17.5. The molecule has 138 valence electrons.